The first kappa shape index (κ1) is 16.0. The second-order valence-corrected chi connectivity index (χ2v) is 5.33. The number of carbonyl (C=O) groups is 3. The SMILES string of the molecule is O=C(CCC1CN(C(=O)O)CCC1=O)OCc1ccccc1. The van der Waals surface area contributed by atoms with Crippen molar-refractivity contribution in [2.45, 2.75) is 25.9 Å². The molecule has 118 valence electrons. The summed E-state index contributed by atoms with van der Waals surface area (Å²) in [6, 6.07) is 9.34. The summed E-state index contributed by atoms with van der Waals surface area (Å²) in [7, 11) is 0. The Kier molecular flexibility index (Phi) is 5.52. The first-order chi connectivity index (χ1) is 10.6. The normalized spacial score (nSPS) is 18.1. The van der Waals surface area contributed by atoms with Gasteiger partial charge in [-0.1, -0.05) is 30.3 Å². The van der Waals surface area contributed by atoms with E-state index in [2.05, 4.69) is 0 Å². The second-order valence-electron chi connectivity index (χ2n) is 5.33. The molecule has 1 aromatic carbocycles. The molecule has 6 heteroatoms. The Hall–Kier alpha value is -2.37. The summed E-state index contributed by atoms with van der Waals surface area (Å²) in [6.07, 6.45) is -0.354. The average Bonchev–Trinajstić information content (AvgIpc) is 2.53. The molecule has 2 rings (SSSR count). The monoisotopic (exact) mass is 305 g/mol. The van der Waals surface area contributed by atoms with Crippen LogP contribution in [0.1, 0.15) is 24.8 Å². The molecule has 1 amide bonds. The van der Waals surface area contributed by atoms with Crippen LogP contribution in [0.4, 0.5) is 4.79 Å². The number of likely N-dealkylation sites (tertiary alicyclic amines) is 1. The van der Waals surface area contributed by atoms with Gasteiger partial charge in [-0.3, -0.25) is 9.59 Å². The molecule has 0 saturated carbocycles. The van der Waals surface area contributed by atoms with E-state index in [1.165, 1.54) is 4.90 Å². The van der Waals surface area contributed by atoms with Gasteiger partial charge in [-0.15, -0.1) is 0 Å². The van der Waals surface area contributed by atoms with E-state index in [-0.39, 0.29) is 44.3 Å². The van der Waals surface area contributed by atoms with Crippen molar-refractivity contribution in [2.24, 2.45) is 5.92 Å². The molecule has 1 atom stereocenters. The Labute approximate surface area is 128 Å². The molecule has 6 nitrogen and oxygen atoms in total. The molecule has 1 aromatic rings. The quantitative estimate of drug-likeness (QED) is 0.842. The fourth-order valence-electron chi connectivity index (χ4n) is 2.44. The van der Waals surface area contributed by atoms with Crippen LogP contribution in [0.3, 0.4) is 0 Å². The van der Waals surface area contributed by atoms with Gasteiger partial charge in [0.25, 0.3) is 0 Å². The Balaban J connectivity index is 1.75. The largest absolute Gasteiger partial charge is 0.465 e. The Morgan fingerprint density at radius 2 is 2.00 bits per heavy atom. The number of ketones is 1. The van der Waals surface area contributed by atoms with E-state index in [9.17, 15) is 14.4 Å². The van der Waals surface area contributed by atoms with Crippen LogP contribution in [0.25, 0.3) is 0 Å². The number of rotatable bonds is 5. The van der Waals surface area contributed by atoms with Crippen molar-refractivity contribution >= 4 is 17.8 Å². The van der Waals surface area contributed by atoms with Crippen LogP contribution in [-0.2, 0) is 20.9 Å². The predicted molar refractivity (Wildman–Crippen MR) is 78.2 cm³/mol. The van der Waals surface area contributed by atoms with Gasteiger partial charge in [-0.2, -0.15) is 0 Å². The van der Waals surface area contributed by atoms with Crippen LogP contribution >= 0.6 is 0 Å². The molecule has 0 aliphatic carbocycles. The van der Waals surface area contributed by atoms with Crippen molar-refractivity contribution in [3.8, 4) is 0 Å². The molecule has 1 saturated heterocycles. The van der Waals surface area contributed by atoms with Crippen LogP contribution in [0.2, 0.25) is 0 Å². The predicted octanol–water partition coefficient (Wildman–Crippen LogP) is 2.08. The van der Waals surface area contributed by atoms with Gasteiger partial charge in [0.2, 0.25) is 0 Å². The van der Waals surface area contributed by atoms with E-state index in [1.54, 1.807) is 0 Å². The second kappa shape index (κ2) is 7.59. The smallest absolute Gasteiger partial charge is 0.407 e. The third kappa shape index (κ3) is 4.58. The highest BCUT2D eigenvalue weighted by Crippen LogP contribution is 2.18. The highest BCUT2D eigenvalue weighted by molar-refractivity contribution is 5.84. The van der Waals surface area contributed by atoms with E-state index in [4.69, 9.17) is 9.84 Å². The highest BCUT2D eigenvalue weighted by Gasteiger charge is 2.29. The molecule has 0 bridgehead atoms. The van der Waals surface area contributed by atoms with Gasteiger partial charge in [0.15, 0.2) is 0 Å². The maximum atomic E-state index is 11.8. The average molecular weight is 305 g/mol. The van der Waals surface area contributed by atoms with E-state index in [1.807, 2.05) is 30.3 Å². The van der Waals surface area contributed by atoms with Crippen LogP contribution in [0.5, 0.6) is 0 Å². The van der Waals surface area contributed by atoms with Crippen molar-refractivity contribution in [3.63, 3.8) is 0 Å². The molecule has 0 radical (unpaired) electrons. The molecule has 1 unspecified atom stereocenters. The fraction of sp³-hybridized carbons (Fsp3) is 0.438. The standard InChI is InChI=1S/C16H19NO5/c18-14-8-9-17(16(20)21)10-13(14)6-7-15(19)22-11-12-4-2-1-3-5-12/h1-5,13H,6-11H2,(H,20,21). The van der Waals surface area contributed by atoms with Crippen molar-refractivity contribution in [1.29, 1.82) is 0 Å². The minimum Gasteiger partial charge on any atom is -0.465 e. The number of amides is 1. The first-order valence-corrected chi connectivity index (χ1v) is 7.26. The van der Waals surface area contributed by atoms with E-state index >= 15 is 0 Å². The summed E-state index contributed by atoms with van der Waals surface area (Å²) >= 11 is 0. The number of carboxylic acid groups (broad SMARTS) is 1. The fourth-order valence-corrected chi connectivity index (χ4v) is 2.44. The Morgan fingerprint density at radius 3 is 2.68 bits per heavy atom. The van der Waals surface area contributed by atoms with Gasteiger partial charge in [0.05, 0.1) is 0 Å². The van der Waals surface area contributed by atoms with Gasteiger partial charge >= 0.3 is 12.1 Å². The molecular formula is C16H19NO5. The van der Waals surface area contributed by atoms with Crippen LogP contribution in [-0.4, -0.2) is 40.9 Å². The van der Waals surface area contributed by atoms with Crippen LogP contribution in [0, 0.1) is 5.92 Å². The molecule has 1 aliphatic heterocycles. The topological polar surface area (TPSA) is 83.9 Å². The summed E-state index contributed by atoms with van der Waals surface area (Å²) in [5.41, 5.74) is 0.904. The van der Waals surface area contributed by atoms with E-state index < -0.39 is 12.0 Å². The molecule has 0 aromatic heterocycles. The van der Waals surface area contributed by atoms with E-state index in [0.29, 0.717) is 6.42 Å². The van der Waals surface area contributed by atoms with Gasteiger partial charge < -0.3 is 14.7 Å². The number of piperidine rings is 1. The summed E-state index contributed by atoms with van der Waals surface area (Å²) in [6.45, 7) is 0.614. The summed E-state index contributed by atoms with van der Waals surface area (Å²) in [5.74, 6) is -0.758. The molecule has 1 N–H and O–H groups in total. The number of ether oxygens (including phenoxy) is 1. The zero-order chi connectivity index (χ0) is 15.9. The molecule has 1 fully saturated rings. The molecular weight excluding hydrogens is 286 g/mol. The summed E-state index contributed by atoms with van der Waals surface area (Å²) in [5, 5.41) is 8.95. The third-order valence-corrected chi connectivity index (χ3v) is 3.73. The molecule has 22 heavy (non-hydrogen) atoms. The number of benzene rings is 1. The number of hydrogen-bond acceptors (Lipinski definition) is 4. The van der Waals surface area contributed by atoms with Crippen LogP contribution < -0.4 is 0 Å². The van der Waals surface area contributed by atoms with Crippen molar-refractivity contribution in [2.75, 3.05) is 13.1 Å². The zero-order valence-corrected chi connectivity index (χ0v) is 12.2. The van der Waals surface area contributed by atoms with Crippen molar-refractivity contribution < 1.29 is 24.2 Å². The number of nitrogens with zero attached hydrogens (tertiary/aromatic N) is 1. The van der Waals surface area contributed by atoms with Crippen molar-refractivity contribution in [3.05, 3.63) is 35.9 Å². The minimum absolute atomic E-state index is 0.0216. The van der Waals surface area contributed by atoms with Gasteiger partial charge in [-0.05, 0) is 12.0 Å². The van der Waals surface area contributed by atoms with Gasteiger partial charge in [0.1, 0.15) is 12.4 Å². The Morgan fingerprint density at radius 1 is 1.27 bits per heavy atom. The number of Topliss-reactive ketones (excluding diaryl/α,β-unsaturated/α-hetero) is 1. The maximum Gasteiger partial charge on any atom is 0.407 e. The summed E-state index contributed by atoms with van der Waals surface area (Å²) < 4.78 is 5.15. The third-order valence-electron chi connectivity index (χ3n) is 3.73. The lowest BCUT2D eigenvalue weighted by molar-refractivity contribution is -0.145. The van der Waals surface area contributed by atoms with E-state index in [0.717, 1.165) is 5.56 Å². The van der Waals surface area contributed by atoms with Gasteiger partial charge in [0, 0.05) is 31.8 Å². The minimum atomic E-state index is -1.02. The molecule has 0 spiro atoms. The number of hydrogen-bond donors (Lipinski definition) is 1. The lowest BCUT2D eigenvalue weighted by Crippen LogP contribution is -2.43. The number of esters is 1. The molecule has 1 heterocycles. The lowest BCUT2D eigenvalue weighted by Gasteiger charge is -2.29. The Bertz CT molecular complexity index is 543. The van der Waals surface area contributed by atoms with Crippen LogP contribution in [0.15, 0.2) is 30.3 Å². The maximum absolute atomic E-state index is 11.8. The molecule has 1 aliphatic rings. The van der Waals surface area contributed by atoms with Gasteiger partial charge in [-0.25, -0.2) is 4.79 Å². The summed E-state index contributed by atoms with van der Waals surface area (Å²) in [4.78, 5) is 35.7. The number of carbonyl (C=O) groups excluding carboxylic acids is 2. The first-order valence-electron chi connectivity index (χ1n) is 7.26. The highest BCUT2D eigenvalue weighted by atomic mass is 16.5. The van der Waals surface area contributed by atoms with Crippen molar-refractivity contribution in [1.82, 2.24) is 4.90 Å². The zero-order valence-electron chi connectivity index (χ0n) is 12.2. The lowest BCUT2D eigenvalue weighted by atomic mass is 9.92.